The second kappa shape index (κ2) is 4.01. The van der Waals surface area contributed by atoms with Crippen LogP contribution in [0.4, 0.5) is 5.69 Å². The van der Waals surface area contributed by atoms with Gasteiger partial charge in [0.05, 0.1) is 12.8 Å². The van der Waals surface area contributed by atoms with Gasteiger partial charge in [0.25, 0.3) is 0 Å². The van der Waals surface area contributed by atoms with Crippen LogP contribution in [0.25, 0.3) is 11.4 Å². The van der Waals surface area contributed by atoms with Gasteiger partial charge in [-0.1, -0.05) is 0 Å². The molecule has 18 heavy (non-hydrogen) atoms. The van der Waals surface area contributed by atoms with E-state index in [1.807, 2.05) is 29.9 Å². The summed E-state index contributed by atoms with van der Waals surface area (Å²) in [6.45, 7) is 0. The lowest BCUT2D eigenvalue weighted by Gasteiger charge is -2.04. The molecule has 1 fully saturated rings. The number of aryl methyl sites for hydroxylation is 1. The number of hydrogen-bond acceptors (Lipinski definition) is 4. The van der Waals surface area contributed by atoms with Crippen molar-refractivity contribution < 1.29 is 4.74 Å². The van der Waals surface area contributed by atoms with E-state index in [0.29, 0.717) is 17.4 Å². The van der Waals surface area contributed by atoms with E-state index in [0.717, 1.165) is 17.2 Å². The third-order valence-electron chi connectivity index (χ3n) is 3.23. The lowest BCUT2D eigenvalue weighted by atomic mass is 10.2. The maximum absolute atomic E-state index is 5.90. The number of hydrogen-bond donors (Lipinski definition) is 1. The first-order chi connectivity index (χ1) is 8.69. The highest BCUT2D eigenvalue weighted by Crippen LogP contribution is 2.39. The van der Waals surface area contributed by atoms with Crippen LogP contribution in [0.2, 0.25) is 0 Å². The maximum atomic E-state index is 5.90. The summed E-state index contributed by atoms with van der Waals surface area (Å²) in [6.07, 6.45) is 2.44. The molecular formula is C13H16N4O. The standard InChI is InChI=1S/C13H16N4O/c1-17-13(8-3-4-8)15-12(16-17)9-5-6-11(18-2)10(14)7-9/h5-8H,3-4,14H2,1-2H3. The number of ether oxygens (including phenoxy) is 1. The van der Waals surface area contributed by atoms with E-state index >= 15 is 0 Å². The van der Waals surface area contributed by atoms with Gasteiger partial charge in [-0.05, 0) is 31.0 Å². The molecule has 0 unspecified atom stereocenters. The molecule has 1 heterocycles. The summed E-state index contributed by atoms with van der Waals surface area (Å²) in [4.78, 5) is 4.59. The van der Waals surface area contributed by atoms with Crippen molar-refractivity contribution in [1.29, 1.82) is 0 Å². The first-order valence-corrected chi connectivity index (χ1v) is 6.04. The van der Waals surface area contributed by atoms with E-state index < -0.39 is 0 Å². The van der Waals surface area contributed by atoms with Gasteiger partial charge in [0, 0.05) is 18.5 Å². The second-order valence-electron chi connectivity index (χ2n) is 4.65. The van der Waals surface area contributed by atoms with Crippen molar-refractivity contribution in [2.45, 2.75) is 18.8 Å². The summed E-state index contributed by atoms with van der Waals surface area (Å²) in [5.74, 6) is 3.07. The molecule has 0 bridgehead atoms. The molecule has 0 aliphatic heterocycles. The van der Waals surface area contributed by atoms with Crippen molar-refractivity contribution >= 4 is 5.69 Å². The quantitative estimate of drug-likeness (QED) is 0.838. The number of nitrogen functional groups attached to an aromatic ring is 1. The van der Waals surface area contributed by atoms with E-state index in [1.165, 1.54) is 12.8 Å². The summed E-state index contributed by atoms with van der Waals surface area (Å²) in [6, 6.07) is 5.63. The molecule has 0 atom stereocenters. The lowest BCUT2D eigenvalue weighted by Crippen LogP contribution is -1.96. The van der Waals surface area contributed by atoms with E-state index in [2.05, 4.69) is 10.1 Å². The fraction of sp³-hybridized carbons (Fsp3) is 0.385. The van der Waals surface area contributed by atoms with E-state index in [4.69, 9.17) is 10.5 Å². The van der Waals surface area contributed by atoms with Gasteiger partial charge in [0.1, 0.15) is 11.6 Å². The molecule has 1 aliphatic rings. The molecule has 94 valence electrons. The van der Waals surface area contributed by atoms with Crippen LogP contribution in [0, 0.1) is 0 Å². The average Bonchev–Trinajstić information content (AvgIpc) is 3.12. The molecule has 0 saturated heterocycles. The summed E-state index contributed by atoms with van der Waals surface area (Å²) < 4.78 is 7.01. The molecule has 2 aromatic rings. The molecule has 1 saturated carbocycles. The Kier molecular flexibility index (Phi) is 2.47. The largest absolute Gasteiger partial charge is 0.495 e. The van der Waals surface area contributed by atoms with Crippen LogP contribution >= 0.6 is 0 Å². The average molecular weight is 244 g/mol. The highest BCUT2D eigenvalue weighted by Gasteiger charge is 2.29. The monoisotopic (exact) mass is 244 g/mol. The van der Waals surface area contributed by atoms with E-state index in [9.17, 15) is 0 Å². The SMILES string of the molecule is COc1ccc(-c2nc(C3CC3)n(C)n2)cc1N. The van der Waals surface area contributed by atoms with Gasteiger partial charge >= 0.3 is 0 Å². The zero-order valence-corrected chi connectivity index (χ0v) is 10.6. The molecule has 0 spiro atoms. The number of nitrogens with two attached hydrogens (primary N) is 1. The third kappa shape index (κ3) is 1.81. The van der Waals surface area contributed by atoms with Gasteiger partial charge in [-0.3, -0.25) is 4.68 Å². The lowest BCUT2D eigenvalue weighted by molar-refractivity contribution is 0.417. The number of aromatic nitrogens is 3. The van der Waals surface area contributed by atoms with Crippen LogP contribution in [0.15, 0.2) is 18.2 Å². The molecule has 5 heteroatoms. The zero-order valence-electron chi connectivity index (χ0n) is 10.6. The predicted molar refractivity (Wildman–Crippen MR) is 69.4 cm³/mol. The van der Waals surface area contributed by atoms with E-state index in [1.54, 1.807) is 7.11 Å². The molecule has 1 aliphatic carbocycles. The number of rotatable bonds is 3. The van der Waals surface area contributed by atoms with Gasteiger partial charge < -0.3 is 10.5 Å². The van der Waals surface area contributed by atoms with Crippen LogP contribution < -0.4 is 10.5 Å². The summed E-state index contributed by atoms with van der Waals surface area (Å²) in [5.41, 5.74) is 7.43. The molecule has 3 rings (SSSR count). The predicted octanol–water partition coefficient (Wildman–Crippen LogP) is 1.95. The van der Waals surface area contributed by atoms with Gasteiger partial charge in [-0.2, -0.15) is 5.10 Å². The Labute approximate surface area is 106 Å². The van der Waals surface area contributed by atoms with Gasteiger partial charge in [0.2, 0.25) is 0 Å². The van der Waals surface area contributed by atoms with Crippen LogP contribution in [0.1, 0.15) is 24.6 Å². The zero-order chi connectivity index (χ0) is 12.7. The fourth-order valence-corrected chi connectivity index (χ4v) is 2.09. The number of nitrogens with zero attached hydrogens (tertiary/aromatic N) is 3. The molecular weight excluding hydrogens is 228 g/mol. The molecule has 2 N–H and O–H groups in total. The highest BCUT2D eigenvalue weighted by molar-refractivity contribution is 5.66. The Morgan fingerprint density at radius 2 is 2.17 bits per heavy atom. The summed E-state index contributed by atoms with van der Waals surface area (Å²) in [5, 5.41) is 4.45. The number of anilines is 1. The first-order valence-electron chi connectivity index (χ1n) is 6.04. The normalized spacial score (nSPS) is 14.8. The van der Waals surface area contributed by atoms with Gasteiger partial charge in [-0.25, -0.2) is 4.98 Å². The van der Waals surface area contributed by atoms with Gasteiger partial charge in [0.15, 0.2) is 5.82 Å². The Bertz CT molecular complexity index is 587. The van der Waals surface area contributed by atoms with Crippen LogP contribution in [-0.2, 0) is 7.05 Å². The number of benzene rings is 1. The van der Waals surface area contributed by atoms with Crippen molar-refractivity contribution in [2.24, 2.45) is 7.05 Å². The van der Waals surface area contributed by atoms with Crippen molar-refractivity contribution in [2.75, 3.05) is 12.8 Å². The minimum Gasteiger partial charge on any atom is -0.495 e. The van der Waals surface area contributed by atoms with Crippen molar-refractivity contribution in [1.82, 2.24) is 14.8 Å². The number of methoxy groups -OCH3 is 1. The topological polar surface area (TPSA) is 66.0 Å². The minimum atomic E-state index is 0.590. The van der Waals surface area contributed by atoms with Crippen molar-refractivity contribution in [3.05, 3.63) is 24.0 Å². The molecule has 0 amide bonds. The third-order valence-corrected chi connectivity index (χ3v) is 3.23. The molecule has 1 aromatic carbocycles. The Morgan fingerprint density at radius 3 is 2.78 bits per heavy atom. The van der Waals surface area contributed by atoms with Crippen LogP contribution in [0.3, 0.4) is 0 Å². The smallest absolute Gasteiger partial charge is 0.181 e. The maximum Gasteiger partial charge on any atom is 0.181 e. The minimum absolute atomic E-state index is 0.590. The first kappa shape index (κ1) is 11.1. The van der Waals surface area contributed by atoms with E-state index in [-0.39, 0.29) is 0 Å². The summed E-state index contributed by atoms with van der Waals surface area (Å²) >= 11 is 0. The fourth-order valence-electron chi connectivity index (χ4n) is 2.09. The van der Waals surface area contributed by atoms with Crippen LogP contribution in [-0.4, -0.2) is 21.9 Å². The second-order valence-corrected chi connectivity index (χ2v) is 4.65. The Morgan fingerprint density at radius 1 is 1.39 bits per heavy atom. The Hall–Kier alpha value is -2.04. The highest BCUT2D eigenvalue weighted by atomic mass is 16.5. The Balaban J connectivity index is 1.98. The van der Waals surface area contributed by atoms with Gasteiger partial charge in [-0.15, -0.1) is 0 Å². The molecule has 1 aromatic heterocycles. The van der Waals surface area contributed by atoms with Crippen molar-refractivity contribution in [3.63, 3.8) is 0 Å². The molecule has 5 nitrogen and oxygen atoms in total. The van der Waals surface area contributed by atoms with Crippen LogP contribution in [0.5, 0.6) is 5.75 Å². The summed E-state index contributed by atoms with van der Waals surface area (Å²) in [7, 11) is 3.55. The molecule has 0 radical (unpaired) electrons. The van der Waals surface area contributed by atoms with Crippen molar-refractivity contribution in [3.8, 4) is 17.1 Å².